The Hall–Kier alpha value is -0.900. The topological polar surface area (TPSA) is 33.5 Å². The monoisotopic (exact) mass is 269 g/mol. The molecule has 0 N–H and O–H groups in total. The molecule has 0 fully saturated rings. The van der Waals surface area contributed by atoms with Crippen LogP contribution in [-0.2, 0) is 0 Å². The van der Waals surface area contributed by atoms with Gasteiger partial charge < -0.3 is 9.32 Å². The molecule has 1 amide bonds. The van der Waals surface area contributed by atoms with E-state index in [1.165, 1.54) is 0 Å². The van der Waals surface area contributed by atoms with E-state index in [9.17, 15) is 4.79 Å². The van der Waals surface area contributed by atoms with Crippen molar-refractivity contribution >= 4 is 17.7 Å². The summed E-state index contributed by atoms with van der Waals surface area (Å²) in [5.41, 5.74) is 0. The van der Waals surface area contributed by atoms with Gasteiger partial charge in [0.05, 0.1) is 11.2 Å². The van der Waals surface area contributed by atoms with Gasteiger partial charge in [-0.1, -0.05) is 13.8 Å². The fourth-order valence-electron chi connectivity index (χ4n) is 1.98. The van der Waals surface area contributed by atoms with Gasteiger partial charge in [-0.15, -0.1) is 11.8 Å². The summed E-state index contributed by atoms with van der Waals surface area (Å²) < 4.78 is 5.40. The molecule has 0 aromatic carbocycles. The summed E-state index contributed by atoms with van der Waals surface area (Å²) >= 11 is 1.66. The van der Waals surface area contributed by atoms with Crippen molar-refractivity contribution in [2.45, 2.75) is 63.8 Å². The Morgan fingerprint density at radius 3 is 2.17 bits per heavy atom. The zero-order valence-electron chi connectivity index (χ0n) is 12.1. The highest BCUT2D eigenvalue weighted by Gasteiger charge is 2.26. The summed E-state index contributed by atoms with van der Waals surface area (Å²) in [6.45, 7) is 12.3. The predicted molar refractivity (Wildman–Crippen MR) is 76.1 cm³/mol. The highest BCUT2D eigenvalue weighted by molar-refractivity contribution is 8.00. The van der Waals surface area contributed by atoms with Crippen LogP contribution in [0, 0.1) is 0 Å². The maximum atomic E-state index is 12.5. The third-order valence-electron chi connectivity index (χ3n) is 2.53. The average molecular weight is 269 g/mol. The predicted octanol–water partition coefficient (Wildman–Crippen LogP) is 4.04. The van der Waals surface area contributed by atoms with Gasteiger partial charge in [0.15, 0.2) is 0 Å². The Balaban J connectivity index is 2.99. The Morgan fingerprint density at radius 1 is 1.17 bits per heavy atom. The summed E-state index contributed by atoms with van der Waals surface area (Å²) in [7, 11) is 0. The molecule has 3 nitrogen and oxygen atoms in total. The molecule has 0 aliphatic carbocycles. The van der Waals surface area contributed by atoms with E-state index in [0.29, 0.717) is 11.0 Å². The molecule has 1 aromatic heterocycles. The first kappa shape index (κ1) is 15.2. The standard InChI is InChI=1S/C14H23NO2S/c1-9(2)15(10(3)4)14(16)13-12(7-8-17-13)18-11(5)6/h7-11H,1-6H3. The Labute approximate surface area is 114 Å². The van der Waals surface area contributed by atoms with Gasteiger partial charge in [-0.05, 0) is 33.8 Å². The molecular weight excluding hydrogens is 246 g/mol. The summed E-state index contributed by atoms with van der Waals surface area (Å²) in [6, 6.07) is 2.20. The zero-order valence-corrected chi connectivity index (χ0v) is 12.9. The van der Waals surface area contributed by atoms with E-state index in [0.717, 1.165) is 4.90 Å². The van der Waals surface area contributed by atoms with E-state index in [-0.39, 0.29) is 18.0 Å². The largest absolute Gasteiger partial charge is 0.458 e. The maximum absolute atomic E-state index is 12.5. The number of rotatable bonds is 5. The van der Waals surface area contributed by atoms with Gasteiger partial charge in [-0.25, -0.2) is 0 Å². The number of hydrogen-bond donors (Lipinski definition) is 0. The molecule has 18 heavy (non-hydrogen) atoms. The third kappa shape index (κ3) is 3.55. The number of amides is 1. The van der Waals surface area contributed by atoms with Crippen LogP contribution < -0.4 is 0 Å². The normalized spacial score (nSPS) is 11.6. The maximum Gasteiger partial charge on any atom is 0.291 e. The van der Waals surface area contributed by atoms with Crippen LogP contribution in [0.15, 0.2) is 21.6 Å². The van der Waals surface area contributed by atoms with E-state index in [2.05, 4.69) is 13.8 Å². The molecule has 102 valence electrons. The Bertz CT molecular complexity index is 388. The van der Waals surface area contributed by atoms with Crippen molar-refractivity contribution in [3.63, 3.8) is 0 Å². The van der Waals surface area contributed by atoms with Gasteiger partial charge in [0.2, 0.25) is 5.76 Å². The summed E-state index contributed by atoms with van der Waals surface area (Å²) in [6.07, 6.45) is 1.59. The molecule has 0 spiro atoms. The van der Waals surface area contributed by atoms with E-state index in [1.54, 1.807) is 18.0 Å². The van der Waals surface area contributed by atoms with Crippen LogP contribution in [0.5, 0.6) is 0 Å². The van der Waals surface area contributed by atoms with Crippen LogP contribution in [-0.4, -0.2) is 28.1 Å². The first-order valence-corrected chi connectivity index (χ1v) is 7.29. The molecule has 0 aliphatic rings. The average Bonchev–Trinajstić information content (AvgIpc) is 2.63. The van der Waals surface area contributed by atoms with Crippen LogP contribution in [0.25, 0.3) is 0 Å². The molecule has 0 unspecified atom stereocenters. The molecule has 0 atom stereocenters. The Kier molecular flexibility index (Phi) is 5.32. The highest BCUT2D eigenvalue weighted by Crippen LogP contribution is 2.29. The van der Waals surface area contributed by atoms with Crippen molar-refractivity contribution in [3.8, 4) is 0 Å². The minimum absolute atomic E-state index is 0.0202. The van der Waals surface area contributed by atoms with E-state index >= 15 is 0 Å². The van der Waals surface area contributed by atoms with Crippen molar-refractivity contribution in [3.05, 3.63) is 18.1 Å². The second-order valence-electron chi connectivity index (χ2n) is 5.18. The lowest BCUT2D eigenvalue weighted by Crippen LogP contribution is -2.42. The molecule has 0 saturated carbocycles. The fraction of sp³-hybridized carbons (Fsp3) is 0.643. The molecule has 1 heterocycles. The van der Waals surface area contributed by atoms with E-state index < -0.39 is 0 Å². The van der Waals surface area contributed by atoms with Crippen LogP contribution in [0.3, 0.4) is 0 Å². The Morgan fingerprint density at radius 2 is 1.72 bits per heavy atom. The second kappa shape index (κ2) is 6.32. The van der Waals surface area contributed by atoms with Crippen molar-refractivity contribution in [1.29, 1.82) is 0 Å². The lowest BCUT2D eigenvalue weighted by Gasteiger charge is -2.30. The van der Waals surface area contributed by atoms with Gasteiger partial charge in [0.1, 0.15) is 0 Å². The minimum atomic E-state index is -0.0202. The summed E-state index contributed by atoms with van der Waals surface area (Å²) in [5.74, 6) is 0.448. The molecule has 1 rings (SSSR count). The SMILES string of the molecule is CC(C)Sc1ccoc1C(=O)N(C(C)C)C(C)C. The molecule has 0 saturated heterocycles. The molecule has 0 bridgehead atoms. The van der Waals surface area contributed by atoms with Gasteiger partial charge in [0.25, 0.3) is 5.91 Å². The van der Waals surface area contributed by atoms with Crippen LogP contribution in [0.1, 0.15) is 52.1 Å². The first-order chi connectivity index (χ1) is 8.34. The first-order valence-electron chi connectivity index (χ1n) is 6.41. The summed E-state index contributed by atoms with van der Waals surface area (Å²) in [4.78, 5) is 15.3. The molecular formula is C14H23NO2S. The zero-order chi connectivity index (χ0) is 13.9. The molecule has 1 aromatic rings. The number of carbonyl (C=O) groups excluding carboxylic acids is 1. The van der Waals surface area contributed by atoms with Crippen molar-refractivity contribution in [2.75, 3.05) is 0 Å². The smallest absolute Gasteiger partial charge is 0.291 e. The number of carbonyl (C=O) groups is 1. The second-order valence-corrected chi connectivity index (χ2v) is 6.80. The van der Waals surface area contributed by atoms with Crippen molar-refractivity contribution in [2.24, 2.45) is 0 Å². The molecule has 0 radical (unpaired) electrons. The van der Waals surface area contributed by atoms with Crippen LogP contribution >= 0.6 is 11.8 Å². The molecule has 4 heteroatoms. The van der Waals surface area contributed by atoms with Crippen LogP contribution in [0.4, 0.5) is 0 Å². The van der Waals surface area contributed by atoms with Crippen LogP contribution in [0.2, 0.25) is 0 Å². The number of thioether (sulfide) groups is 1. The minimum Gasteiger partial charge on any atom is -0.458 e. The third-order valence-corrected chi connectivity index (χ3v) is 3.58. The van der Waals surface area contributed by atoms with E-state index in [1.807, 2.05) is 38.7 Å². The number of nitrogens with zero attached hydrogens (tertiary/aromatic N) is 1. The fourth-order valence-corrected chi connectivity index (χ4v) is 2.87. The molecule has 0 aliphatic heterocycles. The number of hydrogen-bond acceptors (Lipinski definition) is 3. The quantitative estimate of drug-likeness (QED) is 0.756. The summed E-state index contributed by atoms with van der Waals surface area (Å²) in [5, 5.41) is 0.431. The van der Waals surface area contributed by atoms with Gasteiger partial charge in [-0.3, -0.25) is 4.79 Å². The lowest BCUT2D eigenvalue weighted by atomic mass is 10.2. The van der Waals surface area contributed by atoms with Crippen molar-refractivity contribution < 1.29 is 9.21 Å². The highest BCUT2D eigenvalue weighted by atomic mass is 32.2. The van der Waals surface area contributed by atoms with E-state index in [4.69, 9.17) is 4.42 Å². The number of furan rings is 1. The van der Waals surface area contributed by atoms with Crippen molar-refractivity contribution in [1.82, 2.24) is 4.90 Å². The van der Waals surface area contributed by atoms with Gasteiger partial charge in [-0.2, -0.15) is 0 Å². The van der Waals surface area contributed by atoms with Gasteiger partial charge in [0, 0.05) is 17.3 Å². The lowest BCUT2D eigenvalue weighted by molar-refractivity contribution is 0.0605. The van der Waals surface area contributed by atoms with Gasteiger partial charge >= 0.3 is 0 Å².